The Hall–Kier alpha value is -1.67. The molecule has 1 aromatic rings. The van der Waals surface area contributed by atoms with Crippen molar-refractivity contribution in [3.05, 3.63) is 12.2 Å². The minimum atomic E-state index is 0.483. The number of aryl methyl sites for hydroxylation is 1. The lowest BCUT2D eigenvalue weighted by Gasteiger charge is -2.32. The van der Waals surface area contributed by atoms with Gasteiger partial charge in [-0.3, -0.25) is 4.99 Å². The van der Waals surface area contributed by atoms with Crippen LogP contribution in [0, 0.1) is 0 Å². The maximum atomic E-state index is 5.15. The van der Waals surface area contributed by atoms with Crippen LogP contribution in [0.25, 0.3) is 0 Å². The van der Waals surface area contributed by atoms with Crippen molar-refractivity contribution in [1.82, 2.24) is 30.3 Å². The van der Waals surface area contributed by atoms with Gasteiger partial charge >= 0.3 is 0 Å². The monoisotopic (exact) mass is 337 g/mol. The zero-order chi connectivity index (χ0) is 17.2. The van der Waals surface area contributed by atoms with Crippen LogP contribution in [0.1, 0.15) is 25.6 Å². The van der Waals surface area contributed by atoms with Crippen molar-refractivity contribution >= 4 is 5.96 Å². The largest absolute Gasteiger partial charge is 0.383 e. The van der Waals surface area contributed by atoms with E-state index >= 15 is 0 Å². The van der Waals surface area contributed by atoms with Crippen LogP contribution in [-0.2, 0) is 17.7 Å². The van der Waals surface area contributed by atoms with Crippen LogP contribution in [0.5, 0.6) is 0 Å². The summed E-state index contributed by atoms with van der Waals surface area (Å²) < 4.78 is 7.23. The Morgan fingerprint density at radius 1 is 1.38 bits per heavy atom. The van der Waals surface area contributed by atoms with E-state index in [1.807, 2.05) is 7.05 Å². The highest BCUT2D eigenvalue weighted by atomic mass is 16.5. The summed E-state index contributed by atoms with van der Waals surface area (Å²) in [5.41, 5.74) is 0. The van der Waals surface area contributed by atoms with E-state index in [1.165, 1.54) is 0 Å². The number of likely N-dealkylation sites (tertiary alicyclic amines) is 1. The van der Waals surface area contributed by atoms with Crippen molar-refractivity contribution in [3.63, 3.8) is 0 Å². The summed E-state index contributed by atoms with van der Waals surface area (Å²) in [5.74, 6) is 1.89. The molecule has 0 unspecified atom stereocenters. The van der Waals surface area contributed by atoms with E-state index < -0.39 is 0 Å². The van der Waals surface area contributed by atoms with E-state index in [0.717, 1.165) is 70.4 Å². The van der Waals surface area contributed by atoms with Gasteiger partial charge in [-0.25, -0.2) is 0 Å². The van der Waals surface area contributed by atoms with Crippen LogP contribution < -0.4 is 10.6 Å². The number of aliphatic imine (C=N–C) groups is 1. The van der Waals surface area contributed by atoms with E-state index in [2.05, 4.69) is 42.2 Å². The number of aromatic nitrogens is 3. The molecule has 0 saturated carbocycles. The smallest absolute Gasteiger partial charge is 0.191 e. The third kappa shape index (κ3) is 5.76. The molecule has 24 heavy (non-hydrogen) atoms. The summed E-state index contributed by atoms with van der Waals surface area (Å²) in [6, 6.07) is 0.483. The second-order valence-electron chi connectivity index (χ2n) is 6.05. The van der Waals surface area contributed by atoms with Gasteiger partial charge in [-0.15, -0.1) is 10.2 Å². The Bertz CT molecular complexity index is 494. The fourth-order valence-corrected chi connectivity index (χ4v) is 2.94. The van der Waals surface area contributed by atoms with E-state index in [4.69, 9.17) is 4.74 Å². The number of guanidine groups is 1. The molecule has 1 saturated heterocycles. The number of methoxy groups -OCH3 is 1. The van der Waals surface area contributed by atoms with Crippen LogP contribution in [0.4, 0.5) is 0 Å². The maximum absolute atomic E-state index is 5.15. The number of rotatable bonds is 8. The molecule has 136 valence electrons. The second kappa shape index (κ2) is 10.2. The third-order valence-electron chi connectivity index (χ3n) is 4.42. The number of piperidine rings is 1. The third-order valence-corrected chi connectivity index (χ3v) is 4.42. The van der Waals surface area contributed by atoms with Crippen LogP contribution in [0.3, 0.4) is 0 Å². The van der Waals surface area contributed by atoms with Gasteiger partial charge < -0.3 is 24.8 Å². The van der Waals surface area contributed by atoms with Crippen molar-refractivity contribution < 1.29 is 4.74 Å². The zero-order valence-electron chi connectivity index (χ0n) is 15.2. The molecule has 2 heterocycles. The standard InChI is InChI=1S/C16H31N7O/c1-4-15-21-19-13-23(15)10-7-18-16(17-2)20-14-5-8-22(9-6-14)11-12-24-3/h13-14H,4-12H2,1-3H3,(H2,17,18,20). The van der Waals surface area contributed by atoms with E-state index in [1.54, 1.807) is 13.4 Å². The molecule has 8 nitrogen and oxygen atoms in total. The van der Waals surface area contributed by atoms with E-state index in [-0.39, 0.29) is 0 Å². The SMILES string of the molecule is CCc1nncn1CCNC(=NC)NC1CCN(CCOC)CC1. The van der Waals surface area contributed by atoms with Crippen molar-refractivity contribution in [2.75, 3.05) is 46.9 Å². The lowest BCUT2D eigenvalue weighted by molar-refractivity contribution is 0.128. The highest BCUT2D eigenvalue weighted by Crippen LogP contribution is 2.09. The van der Waals surface area contributed by atoms with E-state index in [0.29, 0.717) is 6.04 Å². The summed E-state index contributed by atoms with van der Waals surface area (Å²) in [7, 11) is 3.58. The molecular formula is C16H31N7O. The summed E-state index contributed by atoms with van der Waals surface area (Å²) >= 11 is 0. The first-order valence-electron chi connectivity index (χ1n) is 8.82. The maximum Gasteiger partial charge on any atom is 0.191 e. The van der Waals surface area contributed by atoms with E-state index in [9.17, 15) is 0 Å². The fraction of sp³-hybridized carbons (Fsp3) is 0.812. The topological polar surface area (TPSA) is 79.6 Å². The van der Waals surface area contributed by atoms with Crippen LogP contribution in [-0.4, -0.2) is 78.6 Å². The molecule has 1 aliphatic heterocycles. The number of nitrogens with one attached hydrogen (secondary N) is 2. The van der Waals surface area contributed by atoms with Crippen LogP contribution in [0.2, 0.25) is 0 Å². The van der Waals surface area contributed by atoms with Crippen molar-refractivity contribution in [2.24, 2.45) is 4.99 Å². The average Bonchev–Trinajstić information content (AvgIpc) is 3.07. The van der Waals surface area contributed by atoms with Gasteiger partial charge in [-0.05, 0) is 12.8 Å². The molecule has 0 amide bonds. The van der Waals surface area contributed by atoms with Crippen molar-refractivity contribution in [2.45, 2.75) is 38.8 Å². The molecule has 1 aliphatic rings. The normalized spacial score (nSPS) is 17.2. The minimum absolute atomic E-state index is 0.483. The summed E-state index contributed by atoms with van der Waals surface area (Å²) in [6.07, 6.45) is 4.95. The summed E-state index contributed by atoms with van der Waals surface area (Å²) in [4.78, 5) is 6.79. The van der Waals surface area contributed by atoms with Crippen LogP contribution >= 0.6 is 0 Å². The average molecular weight is 337 g/mol. The summed E-state index contributed by atoms with van der Waals surface area (Å²) in [5, 5.41) is 15.0. The molecule has 1 aromatic heterocycles. The first-order chi connectivity index (χ1) is 11.8. The lowest BCUT2D eigenvalue weighted by atomic mass is 10.1. The van der Waals surface area contributed by atoms with Gasteiger partial charge in [0.05, 0.1) is 6.61 Å². The molecule has 1 fully saturated rings. The zero-order valence-corrected chi connectivity index (χ0v) is 15.2. The van der Waals surface area contributed by atoms with Gasteiger partial charge in [-0.1, -0.05) is 6.92 Å². The number of hydrogen-bond donors (Lipinski definition) is 2. The first-order valence-corrected chi connectivity index (χ1v) is 8.82. The van der Waals surface area contributed by atoms with Gasteiger partial charge in [0.2, 0.25) is 0 Å². The molecule has 0 atom stereocenters. The highest BCUT2D eigenvalue weighted by molar-refractivity contribution is 5.79. The van der Waals surface area contributed by atoms with Crippen molar-refractivity contribution in [3.8, 4) is 0 Å². The van der Waals surface area contributed by atoms with Gasteiger partial charge in [0.15, 0.2) is 5.96 Å². The number of nitrogens with zero attached hydrogens (tertiary/aromatic N) is 5. The molecule has 8 heteroatoms. The Balaban J connectivity index is 1.67. The molecular weight excluding hydrogens is 306 g/mol. The molecule has 0 bridgehead atoms. The van der Waals surface area contributed by atoms with Crippen LogP contribution in [0.15, 0.2) is 11.3 Å². The number of ether oxygens (including phenoxy) is 1. The van der Waals surface area contributed by atoms with Crippen molar-refractivity contribution in [1.29, 1.82) is 0 Å². The first kappa shape index (κ1) is 18.7. The Kier molecular flexibility index (Phi) is 7.97. The Morgan fingerprint density at radius 2 is 2.17 bits per heavy atom. The molecule has 2 rings (SSSR count). The van der Waals surface area contributed by atoms with Gasteiger partial charge in [0.25, 0.3) is 0 Å². The van der Waals surface area contributed by atoms with Gasteiger partial charge in [-0.2, -0.15) is 0 Å². The lowest BCUT2D eigenvalue weighted by Crippen LogP contribution is -2.49. The summed E-state index contributed by atoms with van der Waals surface area (Å²) in [6.45, 7) is 7.79. The second-order valence-corrected chi connectivity index (χ2v) is 6.05. The molecule has 0 spiro atoms. The van der Waals surface area contributed by atoms with Gasteiger partial charge in [0, 0.05) is 59.3 Å². The predicted molar refractivity (Wildman–Crippen MR) is 95.2 cm³/mol. The predicted octanol–water partition coefficient (Wildman–Crippen LogP) is 0.116. The van der Waals surface area contributed by atoms with Gasteiger partial charge in [0.1, 0.15) is 12.2 Å². The molecule has 0 aromatic carbocycles. The highest BCUT2D eigenvalue weighted by Gasteiger charge is 2.19. The minimum Gasteiger partial charge on any atom is -0.383 e. The quantitative estimate of drug-likeness (QED) is 0.518. The molecule has 0 aliphatic carbocycles. The Labute approximate surface area is 144 Å². The fourth-order valence-electron chi connectivity index (χ4n) is 2.94. The molecule has 2 N–H and O–H groups in total. The Morgan fingerprint density at radius 3 is 2.83 bits per heavy atom. The molecule has 0 radical (unpaired) electrons. The number of hydrogen-bond acceptors (Lipinski definition) is 5.